The van der Waals surface area contributed by atoms with Crippen LogP contribution in [0.5, 0.6) is 0 Å². The third kappa shape index (κ3) is 3.06. The maximum absolute atomic E-state index is 12.3. The molecule has 14 heteroatoms. The Balaban J connectivity index is 1.76. The first-order valence-electron chi connectivity index (χ1n) is 8.40. The van der Waals surface area contributed by atoms with Crippen LogP contribution in [0.25, 0.3) is 11.2 Å². The zero-order chi connectivity index (χ0) is 20.1. The second kappa shape index (κ2) is 6.87. The SMILES string of the molecule is C=NNc1nc(C)c2ncn([C@@H]3O[C@H](C(=O)NCC)[C@H]4OP(=O)(O)O[C@H]43)c2n1. The standard InChI is InChI=1S/C14H18N7O6P/c1-4-16-12(22)9-8-10(27-28(23,24)26-8)13(25-9)21-5-17-7-6(2)18-14(20-15-3)19-11(7)21/h5,8-10,13H,3-4H2,1-2H3,(H,16,22)(H,23,24)(H,18,19,20)/t8-,9+,10-,13-/m1/s1. The summed E-state index contributed by atoms with van der Waals surface area (Å²) in [6, 6.07) is 0. The highest BCUT2D eigenvalue weighted by atomic mass is 31.2. The number of anilines is 1. The highest BCUT2D eigenvalue weighted by Crippen LogP contribution is 2.58. The first-order chi connectivity index (χ1) is 13.3. The van der Waals surface area contributed by atoms with Crippen LogP contribution in [0.2, 0.25) is 0 Å². The van der Waals surface area contributed by atoms with Gasteiger partial charge in [0.05, 0.1) is 12.0 Å². The van der Waals surface area contributed by atoms with E-state index >= 15 is 0 Å². The molecule has 2 aliphatic heterocycles. The van der Waals surface area contributed by atoms with Crippen molar-refractivity contribution < 1.29 is 28.0 Å². The van der Waals surface area contributed by atoms with E-state index in [0.29, 0.717) is 23.4 Å². The molecule has 0 saturated carbocycles. The Hall–Kier alpha value is -2.44. The van der Waals surface area contributed by atoms with E-state index in [1.807, 2.05) is 0 Å². The molecule has 1 unspecified atom stereocenters. The van der Waals surface area contributed by atoms with Crippen LogP contribution in [0, 0.1) is 6.92 Å². The van der Waals surface area contributed by atoms with Crippen LogP contribution >= 0.6 is 7.82 Å². The van der Waals surface area contributed by atoms with E-state index in [0.717, 1.165) is 0 Å². The second-order valence-corrected chi connectivity index (χ2v) is 7.54. The Morgan fingerprint density at radius 3 is 2.89 bits per heavy atom. The van der Waals surface area contributed by atoms with E-state index in [4.69, 9.17) is 13.8 Å². The molecule has 3 N–H and O–H groups in total. The van der Waals surface area contributed by atoms with Gasteiger partial charge in [0.2, 0.25) is 5.95 Å². The molecule has 2 aromatic rings. The van der Waals surface area contributed by atoms with Crippen LogP contribution < -0.4 is 10.7 Å². The molecule has 4 rings (SSSR count). The average Bonchev–Trinajstić information content (AvgIpc) is 3.26. The number of hydrogen-bond donors (Lipinski definition) is 3. The van der Waals surface area contributed by atoms with Crippen molar-refractivity contribution in [2.75, 3.05) is 12.0 Å². The van der Waals surface area contributed by atoms with Crippen molar-refractivity contribution in [2.24, 2.45) is 5.10 Å². The normalized spacial score (nSPS) is 31.7. The predicted molar refractivity (Wildman–Crippen MR) is 95.4 cm³/mol. The summed E-state index contributed by atoms with van der Waals surface area (Å²) in [5.41, 5.74) is 3.98. The van der Waals surface area contributed by atoms with Crippen molar-refractivity contribution in [1.82, 2.24) is 24.8 Å². The van der Waals surface area contributed by atoms with Gasteiger partial charge >= 0.3 is 7.82 Å². The van der Waals surface area contributed by atoms with E-state index < -0.39 is 38.3 Å². The molecule has 1 amide bonds. The molecule has 2 aliphatic rings. The van der Waals surface area contributed by atoms with Gasteiger partial charge in [-0.25, -0.2) is 20.0 Å². The Morgan fingerprint density at radius 1 is 1.43 bits per heavy atom. The van der Waals surface area contributed by atoms with E-state index in [2.05, 4.69) is 37.5 Å². The molecular formula is C14H18N7O6P. The zero-order valence-corrected chi connectivity index (χ0v) is 15.9. The summed E-state index contributed by atoms with van der Waals surface area (Å²) in [7, 11) is -4.31. The second-order valence-electron chi connectivity index (χ2n) is 6.18. The third-order valence-electron chi connectivity index (χ3n) is 4.36. The molecule has 0 radical (unpaired) electrons. The maximum atomic E-state index is 12.3. The van der Waals surface area contributed by atoms with Gasteiger partial charge in [-0.05, 0) is 13.8 Å². The number of likely N-dealkylation sites (N-methyl/N-ethyl adjacent to an activating group) is 1. The zero-order valence-electron chi connectivity index (χ0n) is 15.0. The number of ether oxygens (including phenoxy) is 1. The smallest absolute Gasteiger partial charge is 0.354 e. The van der Waals surface area contributed by atoms with Crippen molar-refractivity contribution in [3.63, 3.8) is 0 Å². The first kappa shape index (κ1) is 18.9. The number of fused-ring (bicyclic) bond motifs is 2. The van der Waals surface area contributed by atoms with E-state index in [1.165, 1.54) is 10.9 Å². The van der Waals surface area contributed by atoms with Gasteiger partial charge in [0.15, 0.2) is 18.0 Å². The Labute approximate surface area is 158 Å². The van der Waals surface area contributed by atoms with Crippen molar-refractivity contribution in [3.8, 4) is 0 Å². The van der Waals surface area contributed by atoms with Gasteiger partial charge in [-0.3, -0.25) is 18.4 Å². The molecule has 0 spiro atoms. The highest BCUT2D eigenvalue weighted by molar-refractivity contribution is 7.47. The molecular weight excluding hydrogens is 393 g/mol. The van der Waals surface area contributed by atoms with Crippen molar-refractivity contribution >= 4 is 37.6 Å². The van der Waals surface area contributed by atoms with E-state index in [9.17, 15) is 14.3 Å². The number of aromatic nitrogens is 4. The quantitative estimate of drug-likeness (QED) is 0.349. The number of amides is 1. The lowest BCUT2D eigenvalue weighted by Crippen LogP contribution is -2.41. The number of rotatable bonds is 5. The van der Waals surface area contributed by atoms with Crippen LogP contribution in [-0.4, -0.2) is 61.9 Å². The summed E-state index contributed by atoms with van der Waals surface area (Å²) >= 11 is 0. The Bertz CT molecular complexity index is 996. The monoisotopic (exact) mass is 411 g/mol. The van der Waals surface area contributed by atoms with Gasteiger partial charge in [0, 0.05) is 13.3 Å². The van der Waals surface area contributed by atoms with Crippen LogP contribution in [0.1, 0.15) is 18.8 Å². The van der Waals surface area contributed by atoms with Crippen molar-refractivity contribution in [2.45, 2.75) is 38.4 Å². The van der Waals surface area contributed by atoms with Crippen LogP contribution in [0.3, 0.4) is 0 Å². The molecule has 150 valence electrons. The number of imidazole rings is 1. The lowest BCUT2D eigenvalue weighted by molar-refractivity contribution is -0.137. The number of carbonyl (C=O) groups excluding carboxylic acids is 1. The fourth-order valence-electron chi connectivity index (χ4n) is 3.27. The minimum atomic E-state index is -4.31. The molecule has 4 heterocycles. The van der Waals surface area contributed by atoms with E-state index in [1.54, 1.807) is 13.8 Å². The van der Waals surface area contributed by atoms with Gasteiger partial charge in [-0.2, -0.15) is 10.1 Å². The lowest BCUT2D eigenvalue weighted by atomic mass is 10.1. The lowest BCUT2D eigenvalue weighted by Gasteiger charge is -2.19. The molecule has 13 nitrogen and oxygen atoms in total. The van der Waals surface area contributed by atoms with Crippen LogP contribution in [0.15, 0.2) is 11.4 Å². The van der Waals surface area contributed by atoms with Gasteiger partial charge in [0.25, 0.3) is 5.91 Å². The first-order valence-corrected chi connectivity index (χ1v) is 9.90. The number of hydrazone groups is 1. The topological polar surface area (TPSA) is 162 Å². The number of hydrogen-bond acceptors (Lipinski definition) is 10. The molecule has 0 aromatic carbocycles. The summed E-state index contributed by atoms with van der Waals surface area (Å²) in [5.74, 6) is -0.285. The summed E-state index contributed by atoms with van der Waals surface area (Å²) in [6.07, 6.45) is -2.73. The third-order valence-corrected chi connectivity index (χ3v) is 5.38. The fourth-order valence-corrected chi connectivity index (χ4v) is 4.39. The highest BCUT2D eigenvalue weighted by Gasteiger charge is 2.60. The van der Waals surface area contributed by atoms with Gasteiger partial charge in [0.1, 0.15) is 17.7 Å². The number of phosphoric acid groups is 1. The number of phosphoric ester groups is 1. The van der Waals surface area contributed by atoms with Crippen LogP contribution in [0.4, 0.5) is 5.95 Å². The summed E-state index contributed by atoms with van der Waals surface area (Å²) in [6.45, 7) is 7.18. The molecule has 2 saturated heterocycles. The van der Waals surface area contributed by atoms with Crippen molar-refractivity contribution in [1.29, 1.82) is 0 Å². The summed E-state index contributed by atoms with van der Waals surface area (Å²) in [5, 5.41) is 6.15. The van der Waals surface area contributed by atoms with Gasteiger partial charge in [-0.1, -0.05) is 0 Å². The molecule has 2 aromatic heterocycles. The minimum Gasteiger partial charge on any atom is -0.354 e. The summed E-state index contributed by atoms with van der Waals surface area (Å²) in [4.78, 5) is 34.9. The molecule has 0 aliphatic carbocycles. The van der Waals surface area contributed by atoms with Gasteiger partial charge < -0.3 is 14.9 Å². The summed E-state index contributed by atoms with van der Waals surface area (Å²) < 4.78 is 29.6. The Morgan fingerprint density at radius 2 is 2.18 bits per heavy atom. The minimum absolute atomic E-state index is 0.188. The number of nitrogens with one attached hydrogen (secondary N) is 2. The average molecular weight is 411 g/mol. The van der Waals surface area contributed by atoms with E-state index in [-0.39, 0.29) is 5.95 Å². The Kier molecular flexibility index (Phi) is 4.63. The molecule has 28 heavy (non-hydrogen) atoms. The van der Waals surface area contributed by atoms with Crippen molar-refractivity contribution in [3.05, 3.63) is 12.0 Å². The fraction of sp³-hybridized carbons (Fsp3) is 0.500. The van der Waals surface area contributed by atoms with Crippen LogP contribution in [-0.2, 0) is 23.1 Å². The molecule has 0 bridgehead atoms. The number of nitrogens with zero attached hydrogens (tertiary/aromatic N) is 5. The maximum Gasteiger partial charge on any atom is 0.473 e. The molecule has 2 fully saturated rings. The predicted octanol–water partition coefficient (Wildman–Crippen LogP) is 0.0801. The number of carbonyl (C=O) groups is 1. The number of aryl methyl sites for hydroxylation is 1. The van der Waals surface area contributed by atoms with Gasteiger partial charge in [-0.15, -0.1) is 0 Å². The largest absolute Gasteiger partial charge is 0.473 e. The molecule has 5 atom stereocenters.